The Morgan fingerprint density at radius 3 is 2.14 bits per heavy atom. The molecular formula is C19H22FNO. The zero-order valence-corrected chi connectivity index (χ0v) is 13.3. The van der Waals surface area contributed by atoms with Gasteiger partial charge >= 0.3 is 0 Å². The molecule has 1 atom stereocenters. The summed E-state index contributed by atoms with van der Waals surface area (Å²) in [7, 11) is 0. The predicted octanol–water partition coefficient (Wildman–Crippen LogP) is 4.31. The summed E-state index contributed by atoms with van der Waals surface area (Å²) >= 11 is 0. The Bertz CT molecular complexity index is 617. The van der Waals surface area contributed by atoms with Crippen molar-refractivity contribution in [2.75, 3.05) is 0 Å². The second-order valence-corrected chi connectivity index (χ2v) is 5.87. The van der Waals surface area contributed by atoms with Gasteiger partial charge in [0.15, 0.2) is 5.78 Å². The number of halogens is 1. The van der Waals surface area contributed by atoms with Crippen molar-refractivity contribution in [3.63, 3.8) is 0 Å². The van der Waals surface area contributed by atoms with E-state index in [2.05, 4.69) is 19.2 Å². The van der Waals surface area contributed by atoms with E-state index in [9.17, 15) is 9.18 Å². The van der Waals surface area contributed by atoms with Crippen LogP contribution >= 0.6 is 0 Å². The third-order valence-electron chi connectivity index (χ3n) is 3.78. The lowest BCUT2D eigenvalue weighted by Gasteiger charge is -2.14. The summed E-state index contributed by atoms with van der Waals surface area (Å²) in [5, 5.41) is 3.18. The molecule has 0 saturated carbocycles. The summed E-state index contributed by atoms with van der Waals surface area (Å²) < 4.78 is 12.8. The first-order valence-corrected chi connectivity index (χ1v) is 7.59. The second kappa shape index (κ2) is 7.32. The molecule has 1 unspecified atom stereocenters. The highest BCUT2D eigenvalue weighted by Crippen LogP contribution is 2.15. The number of nitrogens with one attached hydrogen (secondary N) is 1. The number of rotatable bonds is 6. The predicted molar refractivity (Wildman–Crippen MR) is 87.6 cm³/mol. The van der Waals surface area contributed by atoms with Crippen LogP contribution in [0.4, 0.5) is 4.39 Å². The second-order valence-electron chi connectivity index (χ2n) is 5.87. The number of hydrogen-bond donors (Lipinski definition) is 1. The summed E-state index contributed by atoms with van der Waals surface area (Å²) in [5.41, 5.74) is 2.89. The lowest BCUT2D eigenvalue weighted by molar-refractivity contribution is 0.0950. The molecule has 2 aromatic rings. The van der Waals surface area contributed by atoms with Gasteiger partial charge in [-0.05, 0) is 36.1 Å². The van der Waals surface area contributed by atoms with Crippen LogP contribution in [0.1, 0.15) is 48.2 Å². The summed E-state index contributed by atoms with van der Waals surface area (Å²) in [4.78, 5) is 12.4. The molecule has 2 aromatic carbocycles. The first-order valence-electron chi connectivity index (χ1n) is 7.59. The van der Waals surface area contributed by atoms with Crippen LogP contribution in [0.5, 0.6) is 0 Å². The monoisotopic (exact) mass is 299 g/mol. The van der Waals surface area contributed by atoms with Crippen molar-refractivity contribution in [1.29, 1.82) is 0 Å². The smallest absolute Gasteiger partial charge is 0.179 e. The van der Waals surface area contributed by atoms with Gasteiger partial charge in [-0.3, -0.25) is 4.79 Å². The van der Waals surface area contributed by atoms with E-state index in [1.807, 2.05) is 31.2 Å². The summed E-state index contributed by atoms with van der Waals surface area (Å²) in [6, 6.07) is 13.8. The van der Waals surface area contributed by atoms with Crippen LogP contribution in [-0.2, 0) is 6.54 Å². The molecule has 0 aliphatic rings. The molecule has 0 spiro atoms. The van der Waals surface area contributed by atoms with Gasteiger partial charge in [-0.15, -0.1) is 0 Å². The van der Waals surface area contributed by atoms with Crippen LogP contribution in [0.2, 0.25) is 0 Å². The molecule has 2 rings (SSSR count). The maximum Gasteiger partial charge on any atom is 0.179 e. The molecule has 3 heteroatoms. The van der Waals surface area contributed by atoms with E-state index in [0.717, 1.165) is 5.56 Å². The van der Waals surface area contributed by atoms with E-state index in [1.54, 1.807) is 12.1 Å². The minimum absolute atomic E-state index is 0.0671. The van der Waals surface area contributed by atoms with Crippen LogP contribution in [0.3, 0.4) is 0 Å². The average Bonchev–Trinajstić information content (AvgIpc) is 2.53. The third-order valence-corrected chi connectivity index (χ3v) is 3.78. The molecule has 1 N–H and O–H groups in total. The van der Waals surface area contributed by atoms with E-state index < -0.39 is 0 Å². The number of Topliss-reactive ketones (excluding diaryl/α,β-unsaturated/α-hetero) is 1. The first-order chi connectivity index (χ1) is 10.5. The van der Waals surface area contributed by atoms with Gasteiger partial charge in [0.1, 0.15) is 5.82 Å². The van der Waals surface area contributed by atoms with Crippen molar-refractivity contribution in [2.24, 2.45) is 0 Å². The molecule has 22 heavy (non-hydrogen) atoms. The Morgan fingerprint density at radius 1 is 1.00 bits per heavy atom. The normalized spacial score (nSPS) is 12.4. The van der Waals surface area contributed by atoms with Crippen molar-refractivity contribution in [3.8, 4) is 0 Å². The van der Waals surface area contributed by atoms with Crippen molar-refractivity contribution >= 4 is 5.78 Å². The molecule has 0 aliphatic carbocycles. The molecular weight excluding hydrogens is 277 g/mol. The molecule has 0 aliphatic heterocycles. The maximum absolute atomic E-state index is 12.8. The number of carbonyl (C=O) groups excluding carboxylic acids is 1. The molecule has 0 amide bonds. The van der Waals surface area contributed by atoms with Crippen molar-refractivity contribution in [1.82, 2.24) is 5.32 Å². The van der Waals surface area contributed by atoms with Crippen LogP contribution in [0, 0.1) is 5.82 Å². The van der Waals surface area contributed by atoms with Gasteiger partial charge < -0.3 is 5.32 Å². The summed E-state index contributed by atoms with van der Waals surface area (Å²) in [5.74, 6) is 0.272. The van der Waals surface area contributed by atoms with E-state index in [1.165, 1.54) is 17.7 Å². The molecule has 2 nitrogen and oxygen atoms in total. The molecule has 0 heterocycles. The molecule has 116 valence electrons. The van der Waals surface area contributed by atoms with Gasteiger partial charge in [-0.1, -0.05) is 50.2 Å². The maximum atomic E-state index is 12.8. The van der Waals surface area contributed by atoms with Crippen LogP contribution in [0.25, 0.3) is 0 Å². The van der Waals surface area contributed by atoms with E-state index >= 15 is 0 Å². The van der Waals surface area contributed by atoms with Crippen LogP contribution in [-0.4, -0.2) is 11.8 Å². The fourth-order valence-electron chi connectivity index (χ4n) is 2.25. The highest BCUT2D eigenvalue weighted by Gasteiger charge is 2.14. The van der Waals surface area contributed by atoms with E-state index in [-0.39, 0.29) is 17.6 Å². The Labute approximate surface area is 131 Å². The fourth-order valence-corrected chi connectivity index (χ4v) is 2.25. The van der Waals surface area contributed by atoms with E-state index in [0.29, 0.717) is 18.0 Å². The molecule has 0 fully saturated rings. The standard InChI is InChI=1S/C19H22FNO/c1-13(2)16-6-8-17(9-7-16)19(22)14(3)21-12-15-4-10-18(20)11-5-15/h4-11,13-14,21H,12H2,1-3H3. The summed E-state index contributed by atoms with van der Waals surface area (Å²) in [6.45, 7) is 6.65. The van der Waals surface area contributed by atoms with Gasteiger partial charge in [0.25, 0.3) is 0 Å². The highest BCUT2D eigenvalue weighted by molar-refractivity contribution is 5.99. The van der Waals surface area contributed by atoms with Gasteiger partial charge in [0, 0.05) is 12.1 Å². The zero-order valence-electron chi connectivity index (χ0n) is 13.3. The SMILES string of the molecule is CC(NCc1ccc(F)cc1)C(=O)c1ccc(C(C)C)cc1. The van der Waals surface area contributed by atoms with Crippen LogP contribution in [0.15, 0.2) is 48.5 Å². The van der Waals surface area contributed by atoms with Crippen LogP contribution < -0.4 is 5.32 Å². The van der Waals surface area contributed by atoms with Gasteiger partial charge in [-0.2, -0.15) is 0 Å². The third kappa shape index (κ3) is 4.25. The number of carbonyl (C=O) groups is 1. The molecule has 0 radical (unpaired) electrons. The molecule has 0 aromatic heterocycles. The zero-order chi connectivity index (χ0) is 16.1. The fraction of sp³-hybridized carbons (Fsp3) is 0.316. The van der Waals surface area contributed by atoms with E-state index in [4.69, 9.17) is 0 Å². The number of ketones is 1. The Kier molecular flexibility index (Phi) is 5.45. The van der Waals surface area contributed by atoms with Gasteiger partial charge in [-0.25, -0.2) is 4.39 Å². The van der Waals surface area contributed by atoms with Crippen molar-refractivity contribution in [2.45, 2.75) is 39.3 Å². The Hall–Kier alpha value is -2.00. The topological polar surface area (TPSA) is 29.1 Å². The lowest BCUT2D eigenvalue weighted by atomic mass is 9.98. The largest absolute Gasteiger partial charge is 0.303 e. The van der Waals surface area contributed by atoms with Crippen molar-refractivity contribution < 1.29 is 9.18 Å². The quantitative estimate of drug-likeness (QED) is 0.805. The van der Waals surface area contributed by atoms with Gasteiger partial charge in [0.05, 0.1) is 6.04 Å². The first kappa shape index (κ1) is 16.4. The number of hydrogen-bond acceptors (Lipinski definition) is 2. The number of benzene rings is 2. The summed E-state index contributed by atoms with van der Waals surface area (Å²) in [6.07, 6.45) is 0. The minimum atomic E-state index is -0.282. The Balaban J connectivity index is 1.95. The molecule has 0 saturated heterocycles. The van der Waals surface area contributed by atoms with Crippen molar-refractivity contribution in [3.05, 3.63) is 71.0 Å². The minimum Gasteiger partial charge on any atom is -0.303 e. The Morgan fingerprint density at radius 2 is 1.59 bits per heavy atom. The lowest BCUT2D eigenvalue weighted by Crippen LogP contribution is -2.33. The molecule has 0 bridgehead atoms. The average molecular weight is 299 g/mol. The highest BCUT2D eigenvalue weighted by atomic mass is 19.1. The van der Waals surface area contributed by atoms with Gasteiger partial charge in [0.2, 0.25) is 0 Å².